The van der Waals surface area contributed by atoms with Crippen molar-refractivity contribution in [3.05, 3.63) is 71.5 Å². The molecule has 0 aromatic heterocycles. The Kier molecular flexibility index (Phi) is 4.32. The molecule has 0 heterocycles. The van der Waals surface area contributed by atoms with Crippen molar-refractivity contribution >= 4 is 15.9 Å². The molecule has 0 spiro atoms. The molecule has 17 heavy (non-hydrogen) atoms. The summed E-state index contributed by atoms with van der Waals surface area (Å²) in [5.41, 5.74) is 2.02. The van der Waals surface area contributed by atoms with E-state index in [0.717, 1.165) is 18.4 Å². The predicted molar refractivity (Wildman–Crippen MR) is 72.8 cm³/mol. The highest BCUT2D eigenvalue weighted by atomic mass is 79.9. The second kappa shape index (κ2) is 5.97. The van der Waals surface area contributed by atoms with E-state index in [9.17, 15) is 4.39 Å². The lowest BCUT2D eigenvalue weighted by Crippen LogP contribution is -1.95. The van der Waals surface area contributed by atoms with Crippen molar-refractivity contribution in [2.24, 2.45) is 0 Å². The summed E-state index contributed by atoms with van der Waals surface area (Å²) in [7, 11) is 0. The summed E-state index contributed by atoms with van der Waals surface area (Å²) < 4.78 is 13.4. The van der Waals surface area contributed by atoms with E-state index in [1.54, 1.807) is 6.07 Å². The standard InChI is InChI=1S/C15H14BrF/c16-14(12-6-2-1-3-7-12)11-10-13-8-4-5-9-15(13)17/h1-9,14H,10-11H2. The Morgan fingerprint density at radius 2 is 1.59 bits per heavy atom. The number of aryl methyl sites for hydroxylation is 1. The number of benzene rings is 2. The first-order chi connectivity index (χ1) is 8.27. The summed E-state index contributed by atoms with van der Waals surface area (Å²) in [5.74, 6) is -0.111. The van der Waals surface area contributed by atoms with Gasteiger partial charge < -0.3 is 0 Å². The van der Waals surface area contributed by atoms with Gasteiger partial charge >= 0.3 is 0 Å². The third-order valence-electron chi connectivity index (χ3n) is 2.79. The molecule has 0 saturated heterocycles. The Hall–Kier alpha value is -1.15. The lowest BCUT2D eigenvalue weighted by atomic mass is 10.0. The molecule has 2 aromatic carbocycles. The normalized spacial score (nSPS) is 12.4. The molecule has 1 unspecified atom stereocenters. The third-order valence-corrected chi connectivity index (χ3v) is 3.77. The molecular weight excluding hydrogens is 279 g/mol. The average Bonchev–Trinajstić information content (AvgIpc) is 2.38. The van der Waals surface area contributed by atoms with Crippen LogP contribution >= 0.6 is 15.9 Å². The van der Waals surface area contributed by atoms with E-state index in [-0.39, 0.29) is 10.6 Å². The molecule has 0 bridgehead atoms. The second-order valence-electron chi connectivity index (χ2n) is 4.01. The number of hydrogen-bond donors (Lipinski definition) is 0. The fourth-order valence-corrected chi connectivity index (χ4v) is 2.35. The summed E-state index contributed by atoms with van der Waals surface area (Å²) >= 11 is 3.65. The molecule has 0 nitrogen and oxygen atoms in total. The van der Waals surface area contributed by atoms with Crippen molar-refractivity contribution in [1.82, 2.24) is 0 Å². The van der Waals surface area contributed by atoms with E-state index in [2.05, 4.69) is 28.1 Å². The van der Waals surface area contributed by atoms with Crippen LogP contribution in [-0.4, -0.2) is 0 Å². The lowest BCUT2D eigenvalue weighted by Gasteiger charge is -2.10. The first kappa shape index (κ1) is 12.3. The van der Waals surface area contributed by atoms with Crippen LogP contribution in [0, 0.1) is 5.82 Å². The van der Waals surface area contributed by atoms with Crippen molar-refractivity contribution < 1.29 is 4.39 Å². The van der Waals surface area contributed by atoms with Gasteiger partial charge in [-0.3, -0.25) is 0 Å². The molecule has 0 fully saturated rings. The highest BCUT2D eigenvalue weighted by molar-refractivity contribution is 9.09. The zero-order valence-corrected chi connectivity index (χ0v) is 11.0. The minimum Gasteiger partial charge on any atom is -0.207 e. The van der Waals surface area contributed by atoms with Crippen molar-refractivity contribution in [3.8, 4) is 0 Å². The van der Waals surface area contributed by atoms with Crippen LogP contribution in [-0.2, 0) is 6.42 Å². The molecule has 2 aromatic rings. The smallest absolute Gasteiger partial charge is 0.126 e. The zero-order chi connectivity index (χ0) is 12.1. The highest BCUT2D eigenvalue weighted by Crippen LogP contribution is 2.27. The summed E-state index contributed by atoms with van der Waals surface area (Å²) in [6, 6.07) is 17.2. The van der Waals surface area contributed by atoms with Crippen LogP contribution in [0.2, 0.25) is 0 Å². The fraction of sp³-hybridized carbons (Fsp3) is 0.200. The minimum absolute atomic E-state index is 0.111. The number of halogens is 2. The lowest BCUT2D eigenvalue weighted by molar-refractivity contribution is 0.604. The van der Waals surface area contributed by atoms with Gasteiger partial charge in [0.05, 0.1) is 0 Å². The average molecular weight is 293 g/mol. The van der Waals surface area contributed by atoms with E-state index in [1.807, 2.05) is 30.3 Å². The Balaban J connectivity index is 1.97. The quantitative estimate of drug-likeness (QED) is 0.704. The van der Waals surface area contributed by atoms with Crippen molar-refractivity contribution in [2.75, 3.05) is 0 Å². The minimum atomic E-state index is -0.111. The van der Waals surface area contributed by atoms with Crippen LogP contribution in [0.3, 0.4) is 0 Å². The molecule has 2 rings (SSSR count). The number of hydrogen-bond acceptors (Lipinski definition) is 0. The van der Waals surface area contributed by atoms with Crippen LogP contribution in [0.25, 0.3) is 0 Å². The summed E-state index contributed by atoms with van der Waals surface area (Å²) in [4.78, 5) is 0.281. The zero-order valence-electron chi connectivity index (χ0n) is 9.44. The van der Waals surface area contributed by atoms with Gasteiger partial charge in [0.2, 0.25) is 0 Å². The van der Waals surface area contributed by atoms with E-state index in [1.165, 1.54) is 11.6 Å². The van der Waals surface area contributed by atoms with Gasteiger partial charge in [0.25, 0.3) is 0 Å². The van der Waals surface area contributed by atoms with Gasteiger partial charge in [-0.15, -0.1) is 0 Å². The molecule has 0 saturated carbocycles. The molecule has 88 valence electrons. The van der Waals surface area contributed by atoms with Gasteiger partial charge in [0.15, 0.2) is 0 Å². The van der Waals surface area contributed by atoms with Crippen LogP contribution in [0.5, 0.6) is 0 Å². The van der Waals surface area contributed by atoms with E-state index >= 15 is 0 Å². The Morgan fingerprint density at radius 3 is 2.29 bits per heavy atom. The topological polar surface area (TPSA) is 0 Å². The van der Waals surface area contributed by atoms with Gasteiger partial charge in [-0.2, -0.15) is 0 Å². The van der Waals surface area contributed by atoms with Gasteiger partial charge in [-0.25, -0.2) is 4.39 Å². The van der Waals surface area contributed by atoms with E-state index < -0.39 is 0 Å². The van der Waals surface area contributed by atoms with Gasteiger partial charge in [0.1, 0.15) is 5.82 Å². The number of rotatable bonds is 4. The Morgan fingerprint density at radius 1 is 0.941 bits per heavy atom. The monoisotopic (exact) mass is 292 g/mol. The maximum absolute atomic E-state index is 13.4. The molecule has 0 aliphatic carbocycles. The van der Waals surface area contributed by atoms with Gasteiger partial charge in [0, 0.05) is 4.83 Å². The summed E-state index contributed by atoms with van der Waals surface area (Å²) in [5, 5.41) is 0. The van der Waals surface area contributed by atoms with Crippen molar-refractivity contribution in [2.45, 2.75) is 17.7 Å². The van der Waals surface area contributed by atoms with Gasteiger partial charge in [-0.1, -0.05) is 64.5 Å². The molecule has 0 N–H and O–H groups in total. The highest BCUT2D eigenvalue weighted by Gasteiger charge is 2.08. The number of alkyl halides is 1. The molecular formula is C15H14BrF. The Bertz CT molecular complexity index is 467. The van der Waals surface area contributed by atoms with Crippen molar-refractivity contribution in [3.63, 3.8) is 0 Å². The SMILES string of the molecule is Fc1ccccc1CCC(Br)c1ccccc1. The van der Waals surface area contributed by atoms with E-state index in [4.69, 9.17) is 0 Å². The van der Waals surface area contributed by atoms with Crippen LogP contribution in [0.4, 0.5) is 4.39 Å². The first-order valence-electron chi connectivity index (χ1n) is 5.70. The fourth-order valence-electron chi connectivity index (χ4n) is 1.81. The van der Waals surface area contributed by atoms with Crippen LogP contribution in [0.15, 0.2) is 54.6 Å². The molecule has 0 aliphatic rings. The van der Waals surface area contributed by atoms with Crippen molar-refractivity contribution in [1.29, 1.82) is 0 Å². The second-order valence-corrected chi connectivity index (χ2v) is 5.11. The predicted octanol–water partition coefficient (Wildman–Crippen LogP) is 4.89. The van der Waals surface area contributed by atoms with Gasteiger partial charge in [-0.05, 0) is 30.0 Å². The Labute approximate surface area is 110 Å². The maximum Gasteiger partial charge on any atom is 0.126 e. The molecule has 0 aliphatic heterocycles. The third kappa shape index (κ3) is 3.40. The summed E-state index contributed by atoms with van der Waals surface area (Å²) in [6.07, 6.45) is 1.64. The molecule has 0 amide bonds. The van der Waals surface area contributed by atoms with E-state index in [0.29, 0.717) is 0 Å². The molecule has 2 heteroatoms. The molecule has 0 radical (unpaired) electrons. The molecule has 1 atom stereocenters. The van der Waals surface area contributed by atoms with Crippen LogP contribution < -0.4 is 0 Å². The largest absolute Gasteiger partial charge is 0.207 e. The van der Waals surface area contributed by atoms with Crippen LogP contribution in [0.1, 0.15) is 22.4 Å². The first-order valence-corrected chi connectivity index (χ1v) is 6.61. The maximum atomic E-state index is 13.4. The summed E-state index contributed by atoms with van der Waals surface area (Å²) in [6.45, 7) is 0.